The lowest BCUT2D eigenvalue weighted by atomic mass is 10.1. The fourth-order valence-electron chi connectivity index (χ4n) is 3.61. The Kier molecular flexibility index (Phi) is 4.89. The number of benzene rings is 1. The van der Waals surface area contributed by atoms with Gasteiger partial charge in [0.05, 0.1) is 5.25 Å². The highest BCUT2D eigenvalue weighted by Crippen LogP contribution is 2.29. The van der Waals surface area contributed by atoms with Gasteiger partial charge in [-0.2, -0.15) is 0 Å². The Bertz CT molecular complexity index is 659. The second kappa shape index (κ2) is 6.75. The molecule has 2 fully saturated rings. The molecule has 0 bridgehead atoms. The first-order valence-electron chi connectivity index (χ1n) is 8.21. The number of piperidine rings is 1. The Labute approximate surface area is 137 Å². The van der Waals surface area contributed by atoms with Crippen LogP contribution in [-0.2, 0) is 16.6 Å². The second-order valence-electron chi connectivity index (χ2n) is 6.52. The zero-order valence-corrected chi connectivity index (χ0v) is 14.1. The van der Waals surface area contributed by atoms with Gasteiger partial charge in [-0.15, -0.1) is 0 Å². The number of likely N-dealkylation sites (tertiary alicyclic amines) is 1. The maximum Gasteiger partial charge on any atom is 0.213 e. The van der Waals surface area contributed by atoms with Gasteiger partial charge in [-0.3, -0.25) is 4.90 Å². The molecule has 23 heavy (non-hydrogen) atoms. The molecule has 5 nitrogen and oxygen atoms in total. The summed E-state index contributed by atoms with van der Waals surface area (Å²) in [7, 11) is -3.53. The van der Waals surface area contributed by atoms with E-state index >= 15 is 0 Å². The molecule has 0 amide bonds. The molecular weight excluding hydrogens is 317 g/mol. The van der Waals surface area contributed by atoms with Crippen molar-refractivity contribution in [3.8, 4) is 0 Å². The lowest BCUT2D eigenvalue weighted by Gasteiger charge is -2.33. The summed E-state index contributed by atoms with van der Waals surface area (Å²) in [5.74, 6) is -0.216. The van der Waals surface area contributed by atoms with E-state index in [0.717, 1.165) is 44.6 Å². The summed E-state index contributed by atoms with van der Waals surface area (Å²) in [5, 5.41) is 4.75. The average Bonchev–Trinajstić information content (AvgIpc) is 3.03. The molecule has 0 aromatic heterocycles. The van der Waals surface area contributed by atoms with E-state index in [1.165, 1.54) is 6.07 Å². The standard InChI is InChI=1S/C16H24FN3O2S/c17-15-6-3-7-16(20-9-1-2-10-20)14(15)12-19-8-4-5-13(11-19)23(18,21)22/h3,6-7,13H,1-2,4-5,8-12H2,(H2,18,21,22). The third-order valence-electron chi connectivity index (χ3n) is 4.85. The van der Waals surface area contributed by atoms with Crippen LogP contribution in [0.25, 0.3) is 0 Å². The molecule has 0 aliphatic carbocycles. The number of halogens is 1. The minimum atomic E-state index is -3.53. The van der Waals surface area contributed by atoms with Gasteiger partial charge < -0.3 is 4.90 Å². The average molecular weight is 341 g/mol. The van der Waals surface area contributed by atoms with Crippen LogP contribution in [0.5, 0.6) is 0 Å². The molecule has 2 N–H and O–H groups in total. The molecule has 2 heterocycles. The molecule has 1 unspecified atom stereocenters. The molecule has 7 heteroatoms. The van der Waals surface area contributed by atoms with Gasteiger partial charge in [0.2, 0.25) is 10.0 Å². The van der Waals surface area contributed by atoms with Crippen molar-refractivity contribution >= 4 is 15.7 Å². The summed E-state index contributed by atoms with van der Waals surface area (Å²) in [6, 6.07) is 5.19. The molecule has 2 aliphatic heterocycles. The predicted molar refractivity (Wildman–Crippen MR) is 89.3 cm³/mol. The van der Waals surface area contributed by atoms with Crippen LogP contribution in [0.1, 0.15) is 31.2 Å². The maximum absolute atomic E-state index is 14.4. The van der Waals surface area contributed by atoms with Gasteiger partial charge in [-0.25, -0.2) is 17.9 Å². The van der Waals surface area contributed by atoms with Crippen LogP contribution in [0, 0.1) is 5.82 Å². The summed E-state index contributed by atoms with van der Waals surface area (Å²) >= 11 is 0. The van der Waals surface area contributed by atoms with Gasteiger partial charge >= 0.3 is 0 Å². The summed E-state index contributed by atoms with van der Waals surface area (Å²) < 4.78 is 37.6. The Morgan fingerprint density at radius 2 is 1.91 bits per heavy atom. The fraction of sp³-hybridized carbons (Fsp3) is 0.625. The second-order valence-corrected chi connectivity index (χ2v) is 8.36. The fourth-order valence-corrected chi connectivity index (χ4v) is 4.52. The number of nitrogens with two attached hydrogens (primary N) is 1. The lowest BCUT2D eigenvalue weighted by molar-refractivity contribution is 0.220. The van der Waals surface area contributed by atoms with E-state index in [4.69, 9.17) is 5.14 Å². The highest BCUT2D eigenvalue weighted by molar-refractivity contribution is 7.89. The number of hydrogen-bond donors (Lipinski definition) is 1. The molecular formula is C16H24FN3O2S. The van der Waals surface area contributed by atoms with Crippen LogP contribution >= 0.6 is 0 Å². The summed E-state index contributed by atoms with van der Waals surface area (Å²) in [6.07, 6.45) is 3.63. The Morgan fingerprint density at radius 3 is 2.61 bits per heavy atom. The third kappa shape index (κ3) is 3.84. The van der Waals surface area contributed by atoms with E-state index < -0.39 is 15.3 Å². The smallest absolute Gasteiger partial charge is 0.213 e. The normalized spacial score (nSPS) is 23.4. The molecule has 1 aromatic rings. The molecule has 1 aromatic carbocycles. The maximum atomic E-state index is 14.4. The van der Waals surface area contributed by atoms with E-state index in [1.54, 1.807) is 6.07 Å². The third-order valence-corrected chi connectivity index (χ3v) is 6.16. The van der Waals surface area contributed by atoms with E-state index in [0.29, 0.717) is 25.1 Å². The number of hydrogen-bond acceptors (Lipinski definition) is 4. The van der Waals surface area contributed by atoms with Crippen molar-refractivity contribution in [3.63, 3.8) is 0 Å². The van der Waals surface area contributed by atoms with E-state index in [-0.39, 0.29) is 5.82 Å². The first kappa shape index (κ1) is 16.7. The van der Waals surface area contributed by atoms with E-state index in [1.807, 2.05) is 11.0 Å². The Balaban J connectivity index is 1.79. The van der Waals surface area contributed by atoms with Crippen molar-refractivity contribution in [1.82, 2.24) is 4.90 Å². The molecule has 128 valence electrons. The Morgan fingerprint density at radius 1 is 1.17 bits per heavy atom. The van der Waals surface area contributed by atoms with Crippen molar-refractivity contribution in [2.75, 3.05) is 31.1 Å². The molecule has 0 radical (unpaired) electrons. The van der Waals surface area contributed by atoms with E-state index in [2.05, 4.69) is 4.90 Å². The molecule has 3 rings (SSSR count). The Hall–Kier alpha value is -1.18. The van der Waals surface area contributed by atoms with Crippen molar-refractivity contribution in [1.29, 1.82) is 0 Å². The van der Waals surface area contributed by atoms with Crippen molar-refractivity contribution in [2.24, 2.45) is 5.14 Å². The zero-order valence-electron chi connectivity index (χ0n) is 13.2. The van der Waals surface area contributed by atoms with Crippen LogP contribution in [0.4, 0.5) is 10.1 Å². The van der Waals surface area contributed by atoms with Gasteiger partial charge in [-0.05, 0) is 44.4 Å². The van der Waals surface area contributed by atoms with Crippen LogP contribution in [0.15, 0.2) is 18.2 Å². The number of rotatable bonds is 4. The topological polar surface area (TPSA) is 66.6 Å². The first-order valence-corrected chi connectivity index (χ1v) is 9.82. The summed E-state index contributed by atoms with van der Waals surface area (Å²) in [6.45, 7) is 3.50. The number of nitrogens with zero attached hydrogens (tertiary/aromatic N) is 2. The van der Waals surface area contributed by atoms with Crippen molar-refractivity contribution < 1.29 is 12.8 Å². The van der Waals surface area contributed by atoms with Gasteiger partial charge in [0, 0.05) is 37.4 Å². The summed E-state index contributed by atoms with van der Waals surface area (Å²) in [5.41, 5.74) is 1.62. The minimum Gasteiger partial charge on any atom is -0.371 e. The van der Waals surface area contributed by atoms with Crippen molar-refractivity contribution in [3.05, 3.63) is 29.6 Å². The largest absolute Gasteiger partial charge is 0.371 e. The van der Waals surface area contributed by atoms with Gasteiger partial charge in [0.1, 0.15) is 5.82 Å². The summed E-state index contributed by atoms with van der Waals surface area (Å²) in [4.78, 5) is 4.23. The van der Waals surface area contributed by atoms with E-state index in [9.17, 15) is 12.8 Å². The highest BCUT2D eigenvalue weighted by atomic mass is 32.2. The number of anilines is 1. The predicted octanol–water partition coefficient (Wildman–Crippen LogP) is 1.68. The van der Waals surface area contributed by atoms with Gasteiger partial charge in [0.25, 0.3) is 0 Å². The molecule has 0 saturated carbocycles. The number of primary sulfonamides is 1. The van der Waals surface area contributed by atoms with Gasteiger partial charge in [0.15, 0.2) is 0 Å². The quantitative estimate of drug-likeness (QED) is 0.905. The number of sulfonamides is 1. The first-order chi connectivity index (χ1) is 10.9. The van der Waals surface area contributed by atoms with Crippen LogP contribution < -0.4 is 10.0 Å². The highest BCUT2D eigenvalue weighted by Gasteiger charge is 2.29. The lowest BCUT2D eigenvalue weighted by Crippen LogP contribution is -2.44. The molecule has 2 aliphatic rings. The van der Waals surface area contributed by atoms with Gasteiger partial charge in [-0.1, -0.05) is 6.07 Å². The SMILES string of the molecule is NS(=O)(=O)C1CCCN(Cc2c(F)cccc2N2CCCC2)C1. The molecule has 0 spiro atoms. The zero-order chi connectivity index (χ0) is 16.4. The monoisotopic (exact) mass is 341 g/mol. The van der Waals surface area contributed by atoms with Crippen LogP contribution in [-0.4, -0.2) is 44.7 Å². The van der Waals surface area contributed by atoms with Crippen LogP contribution in [0.3, 0.4) is 0 Å². The van der Waals surface area contributed by atoms with Crippen LogP contribution in [0.2, 0.25) is 0 Å². The van der Waals surface area contributed by atoms with Crippen molar-refractivity contribution in [2.45, 2.75) is 37.5 Å². The molecule has 2 saturated heterocycles. The minimum absolute atomic E-state index is 0.216. The molecule has 1 atom stereocenters.